The molecule has 0 atom stereocenters. The van der Waals surface area contributed by atoms with E-state index >= 15 is 0 Å². The molecule has 3 N–H and O–H groups in total. The van der Waals surface area contributed by atoms with E-state index in [0.717, 1.165) is 5.56 Å². The molecule has 2 amide bonds. The van der Waals surface area contributed by atoms with E-state index in [4.69, 9.17) is 10.2 Å². The van der Waals surface area contributed by atoms with Gasteiger partial charge in [-0.3, -0.25) is 9.59 Å². The van der Waals surface area contributed by atoms with Gasteiger partial charge in [0.25, 0.3) is 11.8 Å². The molecule has 0 spiro atoms. The van der Waals surface area contributed by atoms with E-state index in [0.29, 0.717) is 16.8 Å². The fourth-order valence-corrected chi connectivity index (χ4v) is 1.88. The summed E-state index contributed by atoms with van der Waals surface area (Å²) in [6.45, 7) is 3.53. The van der Waals surface area contributed by atoms with Gasteiger partial charge in [-0.2, -0.15) is 0 Å². The lowest BCUT2D eigenvalue weighted by Crippen LogP contribution is -2.19. The van der Waals surface area contributed by atoms with E-state index in [1.54, 1.807) is 38.1 Å². The van der Waals surface area contributed by atoms with Crippen LogP contribution in [0.5, 0.6) is 0 Å². The van der Waals surface area contributed by atoms with Gasteiger partial charge in [-0.25, -0.2) is 0 Å². The Morgan fingerprint density at radius 1 is 1.16 bits per heavy atom. The Hall–Kier alpha value is -2.56. The highest BCUT2D eigenvalue weighted by Crippen LogP contribution is 2.20. The highest BCUT2D eigenvalue weighted by Gasteiger charge is 2.17. The molecule has 1 heterocycles. The summed E-state index contributed by atoms with van der Waals surface area (Å²) >= 11 is 0. The Morgan fingerprint density at radius 3 is 2.47 bits per heavy atom. The Morgan fingerprint density at radius 2 is 1.89 bits per heavy atom. The number of anilines is 1. The topological polar surface area (TPSA) is 85.3 Å². The molecule has 5 heteroatoms. The van der Waals surface area contributed by atoms with Crippen LogP contribution in [0.2, 0.25) is 0 Å². The van der Waals surface area contributed by atoms with Crippen LogP contribution < -0.4 is 11.1 Å². The zero-order valence-corrected chi connectivity index (χ0v) is 10.7. The fraction of sp³-hybridized carbons (Fsp3) is 0.143. The van der Waals surface area contributed by atoms with Crippen LogP contribution in [0.3, 0.4) is 0 Å². The number of hydrogen-bond donors (Lipinski definition) is 2. The number of carbonyl (C=O) groups excluding carboxylic acids is 2. The van der Waals surface area contributed by atoms with Crippen LogP contribution in [0, 0.1) is 13.8 Å². The molecule has 0 aliphatic heterocycles. The highest BCUT2D eigenvalue weighted by molar-refractivity contribution is 6.08. The normalized spacial score (nSPS) is 10.2. The average molecular weight is 258 g/mol. The summed E-state index contributed by atoms with van der Waals surface area (Å²) < 4.78 is 5.10. The van der Waals surface area contributed by atoms with Crippen molar-refractivity contribution in [3.05, 3.63) is 53.0 Å². The molecule has 0 unspecified atom stereocenters. The van der Waals surface area contributed by atoms with Crippen LogP contribution in [0.4, 0.5) is 5.69 Å². The summed E-state index contributed by atoms with van der Waals surface area (Å²) in [7, 11) is 0. The lowest BCUT2D eigenvalue weighted by molar-refractivity contribution is 0.0996. The van der Waals surface area contributed by atoms with Gasteiger partial charge in [0.2, 0.25) is 0 Å². The third-order valence-electron chi connectivity index (χ3n) is 2.84. The van der Waals surface area contributed by atoms with Crippen molar-refractivity contribution in [2.45, 2.75) is 13.8 Å². The van der Waals surface area contributed by atoms with Gasteiger partial charge in [0.15, 0.2) is 5.76 Å². The molecule has 1 aromatic carbocycles. The van der Waals surface area contributed by atoms with Crippen molar-refractivity contribution in [3.8, 4) is 0 Å². The van der Waals surface area contributed by atoms with Gasteiger partial charge in [-0.1, -0.05) is 12.1 Å². The number of furan rings is 1. The first kappa shape index (κ1) is 12.9. The van der Waals surface area contributed by atoms with Gasteiger partial charge in [-0.15, -0.1) is 0 Å². The van der Waals surface area contributed by atoms with Crippen molar-refractivity contribution >= 4 is 17.5 Å². The first-order valence-corrected chi connectivity index (χ1v) is 5.75. The maximum absolute atomic E-state index is 12.0. The zero-order chi connectivity index (χ0) is 14.0. The molecule has 5 nitrogen and oxygen atoms in total. The van der Waals surface area contributed by atoms with Gasteiger partial charge in [-0.05, 0) is 31.5 Å². The summed E-state index contributed by atoms with van der Waals surface area (Å²) in [6.07, 6.45) is 1.44. The molecule has 0 radical (unpaired) electrons. The Balaban J connectivity index is 2.35. The summed E-state index contributed by atoms with van der Waals surface area (Å²) in [5.41, 5.74) is 7.45. The molecule has 0 saturated carbocycles. The van der Waals surface area contributed by atoms with Gasteiger partial charge in [0, 0.05) is 5.56 Å². The molecule has 2 aromatic rings. The molecule has 1 aromatic heterocycles. The molecule has 98 valence electrons. The first-order valence-electron chi connectivity index (χ1n) is 5.75. The van der Waals surface area contributed by atoms with Gasteiger partial charge < -0.3 is 15.5 Å². The summed E-state index contributed by atoms with van der Waals surface area (Å²) in [5, 5.41) is 2.64. The molecule has 19 heavy (non-hydrogen) atoms. The van der Waals surface area contributed by atoms with E-state index in [1.807, 2.05) is 0 Å². The van der Waals surface area contributed by atoms with Crippen LogP contribution in [0.15, 0.2) is 34.9 Å². The number of primary amides is 1. The van der Waals surface area contributed by atoms with Crippen molar-refractivity contribution < 1.29 is 14.0 Å². The maximum Gasteiger partial charge on any atom is 0.291 e. The number of carbonyl (C=O) groups is 2. The van der Waals surface area contributed by atoms with Crippen molar-refractivity contribution in [1.29, 1.82) is 0 Å². The van der Waals surface area contributed by atoms with Crippen LogP contribution >= 0.6 is 0 Å². The van der Waals surface area contributed by atoms with Crippen LogP contribution in [-0.2, 0) is 0 Å². The molecule has 0 saturated heterocycles. The largest absolute Gasteiger partial charge is 0.459 e. The second-order valence-electron chi connectivity index (χ2n) is 4.25. The number of nitrogens with one attached hydrogen (secondary N) is 1. The van der Waals surface area contributed by atoms with E-state index in [1.165, 1.54) is 6.26 Å². The standard InChI is InChI=1S/C14H14N2O3/c1-8-4-3-5-10(11(8)13(15)17)16-14(18)12-9(2)6-7-19-12/h3-7H,1-2H3,(H2,15,17)(H,16,18). The van der Waals surface area contributed by atoms with E-state index in [2.05, 4.69) is 5.32 Å². The minimum atomic E-state index is -0.579. The highest BCUT2D eigenvalue weighted by atomic mass is 16.3. The number of aryl methyl sites for hydroxylation is 2. The number of hydrogen-bond acceptors (Lipinski definition) is 3. The van der Waals surface area contributed by atoms with E-state index < -0.39 is 11.8 Å². The molecule has 0 aliphatic carbocycles. The maximum atomic E-state index is 12.0. The van der Waals surface area contributed by atoms with Crippen LogP contribution in [-0.4, -0.2) is 11.8 Å². The fourth-order valence-electron chi connectivity index (χ4n) is 1.88. The van der Waals surface area contributed by atoms with E-state index in [9.17, 15) is 9.59 Å². The minimum Gasteiger partial charge on any atom is -0.459 e. The second-order valence-corrected chi connectivity index (χ2v) is 4.25. The van der Waals surface area contributed by atoms with E-state index in [-0.39, 0.29) is 5.76 Å². The SMILES string of the molecule is Cc1ccoc1C(=O)Nc1cccc(C)c1C(N)=O. The summed E-state index contributed by atoms with van der Waals surface area (Å²) in [5.74, 6) is -0.767. The monoisotopic (exact) mass is 258 g/mol. The van der Waals surface area contributed by atoms with Gasteiger partial charge in [0.1, 0.15) is 0 Å². The quantitative estimate of drug-likeness (QED) is 0.885. The zero-order valence-electron chi connectivity index (χ0n) is 10.7. The molecule has 0 aliphatic rings. The Labute approximate surface area is 110 Å². The Bertz CT molecular complexity index is 644. The van der Waals surface area contributed by atoms with Gasteiger partial charge >= 0.3 is 0 Å². The summed E-state index contributed by atoms with van der Waals surface area (Å²) in [6, 6.07) is 6.82. The molecular formula is C14H14N2O3. The first-order chi connectivity index (χ1) is 9.00. The second kappa shape index (κ2) is 4.97. The summed E-state index contributed by atoms with van der Waals surface area (Å²) in [4.78, 5) is 23.5. The smallest absolute Gasteiger partial charge is 0.291 e. The van der Waals surface area contributed by atoms with Crippen LogP contribution in [0.1, 0.15) is 32.0 Å². The van der Waals surface area contributed by atoms with Crippen LogP contribution in [0.25, 0.3) is 0 Å². The number of benzene rings is 1. The predicted molar refractivity (Wildman–Crippen MR) is 71.1 cm³/mol. The number of nitrogens with two attached hydrogens (primary N) is 1. The third-order valence-corrected chi connectivity index (χ3v) is 2.84. The van der Waals surface area contributed by atoms with Crippen molar-refractivity contribution in [3.63, 3.8) is 0 Å². The molecule has 0 fully saturated rings. The van der Waals surface area contributed by atoms with Crippen molar-refractivity contribution in [2.75, 3.05) is 5.32 Å². The lowest BCUT2D eigenvalue weighted by atomic mass is 10.1. The van der Waals surface area contributed by atoms with Crippen molar-refractivity contribution in [2.24, 2.45) is 5.73 Å². The van der Waals surface area contributed by atoms with Crippen molar-refractivity contribution in [1.82, 2.24) is 0 Å². The van der Waals surface area contributed by atoms with Gasteiger partial charge in [0.05, 0.1) is 17.5 Å². The number of amides is 2. The Kier molecular flexibility index (Phi) is 3.37. The lowest BCUT2D eigenvalue weighted by Gasteiger charge is -2.10. The minimum absolute atomic E-state index is 0.219. The molecule has 2 rings (SSSR count). The number of rotatable bonds is 3. The average Bonchev–Trinajstić information content (AvgIpc) is 2.75. The molecular weight excluding hydrogens is 244 g/mol. The predicted octanol–water partition coefficient (Wildman–Crippen LogP) is 2.25. The third kappa shape index (κ3) is 2.49. The molecule has 0 bridgehead atoms.